The minimum Gasteiger partial charge on any atom is -0.340 e. The molecule has 3 aromatic rings. The number of piperidine rings is 1. The summed E-state index contributed by atoms with van der Waals surface area (Å²) in [5, 5.41) is 5.90. The second-order valence-electron chi connectivity index (χ2n) is 10.7. The van der Waals surface area contributed by atoms with E-state index in [1.807, 2.05) is 42.2 Å². The van der Waals surface area contributed by atoms with Gasteiger partial charge in [0.1, 0.15) is 11.9 Å². The van der Waals surface area contributed by atoms with Gasteiger partial charge in [-0.3, -0.25) is 19.4 Å². The molecular weight excluding hydrogens is 478 g/mol. The van der Waals surface area contributed by atoms with E-state index < -0.39 is 11.5 Å². The van der Waals surface area contributed by atoms with Crippen molar-refractivity contribution in [2.24, 2.45) is 0 Å². The van der Waals surface area contributed by atoms with Crippen molar-refractivity contribution in [2.45, 2.75) is 63.5 Å². The predicted octanol–water partition coefficient (Wildman–Crippen LogP) is 3.30. The van der Waals surface area contributed by atoms with Crippen LogP contribution in [0.1, 0.15) is 64.5 Å². The number of fused-ring (bicyclic) bond motifs is 3. The number of nitrogens with one attached hydrogen (secondary N) is 2. The second kappa shape index (κ2) is 9.04. The molecule has 0 bridgehead atoms. The van der Waals surface area contributed by atoms with Crippen LogP contribution >= 0.6 is 0 Å². The van der Waals surface area contributed by atoms with Crippen LogP contribution in [0.4, 0.5) is 5.82 Å². The molecule has 0 radical (unpaired) electrons. The van der Waals surface area contributed by atoms with Gasteiger partial charge < -0.3 is 15.5 Å². The molecule has 0 unspecified atom stereocenters. The molecule has 6 rings (SSSR count). The van der Waals surface area contributed by atoms with Crippen LogP contribution in [0.15, 0.2) is 54.9 Å². The van der Waals surface area contributed by atoms with Crippen LogP contribution in [-0.2, 0) is 27.8 Å². The number of aryl methyl sites for hydroxylation is 1. The van der Waals surface area contributed by atoms with Crippen LogP contribution in [0.25, 0.3) is 0 Å². The van der Waals surface area contributed by atoms with Crippen LogP contribution in [0.3, 0.4) is 0 Å². The maximum Gasteiger partial charge on any atom is 0.253 e. The number of benzene rings is 1. The molecule has 1 aromatic carbocycles. The Labute approximate surface area is 221 Å². The third-order valence-electron chi connectivity index (χ3n) is 8.65. The summed E-state index contributed by atoms with van der Waals surface area (Å²) in [6, 6.07) is 13.2. The van der Waals surface area contributed by atoms with Crippen LogP contribution < -0.4 is 10.6 Å². The lowest BCUT2D eigenvalue weighted by Crippen LogP contribution is -2.57. The summed E-state index contributed by atoms with van der Waals surface area (Å²) in [4.78, 5) is 50.5. The molecule has 1 spiro atoms. The lowest BCUT2D eigenvalue weighted by Gasteiger charge is -2.43. The van der Waals surface area contributed by atoms with Crippen molar-refractivity contribution < 1.29 is 14.4 Å². The minimum absolute atomic E-state index is 0.0366. The highest BCUT2D eigenvalue weighted by atomic mass is 16.2. The molecule has 1 aliphatic carbocycles. The van der Waals surface area contributed by atoms with Gasteiger partial charge in [-0.05, 0) is 62.4 Å². The molecule has 1 fully saturated rings. The monoisotopic (exact) mass is 509 g/mol. The van der Waals surface area contributed by atoms with Crippen LogP contribution in [0, 0.1) is 6.92 Å². The maximum atomic E-state index is 13.4. The molecule has 4 atom stereocenters. The van der Waals surface area contributed by atoms with Crippen molar-refractivity contribution in [3.8, 4) is 0 Å². The number of pyridine rings is 2. The molecule has 1 saturated heterocycles. The fraction of sp³-hybridized carbons (Fsp3) is 0.367. The Bertz CT molecular complexity index is 1470. The summed E-state index contributed by atoms with van der Waals surface area (Å²) in [7, 11) is 0. The molecule has 4 heterocycles. The van der Waals surface area contributed by atoms with E-state index in [0.717, 1.165) is 16.8 Å². The number of hydrogen-bond donors (Lipinski definition) is 2. The van der Waals surface area contributed by atoms with E-state index in [1.165, 1.54) is 11.1 Å². The average molecular weight is 510 g/mol. The van der Waals surface area contributed by atoms with E-state index in [9.17, 15) is 14.4 Å². The van der Waals surface area contributed by atoms with Crippen molar-refractivity contribution in [2.75, 3.05) is 11.9 Å². The number of nitrogens with zero attached hydrogens (tertiary/aromatic N) is 3. The van der Waals surface area contributed by atoms with Gasteiger partial charge in [-0.1, -0.05) is 30.3 Å². The van der Waals surface area contributed by atoms with E-state index >= 15 is 0 Å². The van der Waals surface area contributed by atoms with Gasteiger partial charge in [0.2, 0.25) is 11.8 Å². The van der Waals surface area contributed by atoms with E-state index in [1.54, 1.807) is 12.4 Å². The summed E-state index contributed by atoms with van der Waals surface area (Å²) >= 11 is 0. The minimum atomic E-state index is -0.744. The van der Waals surface area contributed by atoms with Gasteiger partial charge in [0.05, 0.1) is 11.0 Å². The highest BCUT2D eigenvalue weighted by molar-refractivity contribution is 6.06. The van der Waals surface area contributed by atoms with E-state index in [4.69, 9.17) is 0 Å². The largest absolute Gasteiger partial charge is 0.340 e. The van der Waals surface area contributed by atoms with Gasteiger partial charge in [0.25, 0.3) is 5.91 Å². The summed E-state index contributed by atoms with van der Waals surface area (Å²) in [6.07, 6.45) is 4.68. The van der Waals surface area contributed by atoms with Gasteiger partial charge in [0, 0.05) is 48.6 Å². The Morgan fingerprint density at radius 2 is 1.97 bits per heavy atom. The Kier molecular flexibility index (Phi) is 5.78. The number of likely N-dealkylation sites (N-methyl/N-ethyl adjacent to an activating group) is 1. The summed E-state index contributed by atoms with van der Waals surface area (Å²) in [6.45, 7) is 6.73. The van der Waals surface area contributed by atoms with E-state index in [-0.39, 0.29) is 29.7 Å². The number of anilines is 1. The van der Waals surface area contributed by atoms with Crippen molar-refractivity contribution in [1.29, 1.82) is 0 Å². The molecule has 3 amide bonds. The fourth-order valence-electron chi connectivity index (χ4n) is 6.61. The molecule has 2 N–H and O–H groups in total. The highest BCUT2D eigenvalue weighted by Gasteiger charge is 2.51. The first kappa shape index (κ1) is 24.3. The van der Waals surface area contributed by atoms with Crippen LogP contribution in [0.5, 0.6) is 0 Å². The molecule has 8 heteroatoms. The third kappa shape index (κ3) is 3.69. The lowest BCUT2D eigenvalue weighted by molar-refractivity contribution is -0.139. The molecule has 0 saturated carbocycles. The van der Waals surface area contributed by atoms with E-state index in [0.29, 0.717) is 37.2 Å². The number of likely N-dealkylation sites (tertiary alicyclic amines) is 1. The molecule has 194 valence electrons. The SMILES string of the molecule is CCN1C(=O)[C@@H](NC(=O)c2cnc3c(c2)C[C@@]2(C3)C(=O)Nc3ncccc32)C[C@@H](c2ccccc2C)[C@H]1C. The topological polar surface area (TPSA) is 104 Å². The normalized spacial score (nSPS) is 25.8. The van der Waals surface area contributed by atoms with Crippen LogP contribution in [-0.4, -0.2) is 51.2 Å². The zero-order valence-electron chi connectivity index (χ0n) is 21.8. The van der Waals surface area contributed by atoms with Crippen LogP contribution in [0.2, 0.25) is 0 Å². The quantitative estimate of drug-likeness (QED) is 0.562. The summed E-state index contributed by atoms with van der Waals surface area (Å²) in [5.41, 5.74) is 4.61. The smallest absolute Gasteiger partial charge is 0.253 e. The fourth-order valence-corrected chi connectivity index (χ4v) is 6.61. The number of amides is 3. The predicted molar refractivity (Wildman–Crippen MR) is 143 cm³/mol. The second-order valence-corrected chi connectivity index (χ2v) is 10.7. The molecule has 38 heavy (non-hydrogen) atoms. The van der Waals surface area contributed by atoms with Gasteiger partial charge in [-0.15, -0.1) is 0 Å². The number of carbonyl (C=O) groups excluding carboxylic acids is 3. The zero-order valence-corrected chi connectivity index (χ0v) is 21.8. The number of carbonyl (C=O) groups is 3. The standard InChI is InChI=1S/C30H31N5O3/c1-4-35-18(3)22(21-9-6-5-8-17(21)2)13-24(28(35)37)33-27(36)20-12-19-14-30(15-25(19)32-16-20)23-10-7-11-31-26(23)34-29(30)38/h5-12,16,18,22,24H,4,13-15H2,1-3H3,(H,33,36)(H,31,34,38)/t18-,22-,24+,30+/m1/s1. The van der Waals surface area contributed by atoms with Crippen molar-refractivity contribution >= 4 is 23.5 Å². The molecule has 8 nitrogen and oxygen atoms in total. The first-order valence-corrected chi connectivity index (χ1v) is 13.2. The summed E-state index contributed by atoms with van der Waals surface area (Å²) < 4.78 is 0. The highest BCUT2D eigenvalue weighted by Crippen LogP contribution is 2.46. The van der Waals surface area contributed by atoms with Crippen molar-refractivity contribution in [3.05, 3.63) is 88.4 Å². The first-order valence-electron chi connectivity index (χ1n) is 13.2. The Hall–Kier alpha value is -4.07. The van der Waals surface area contributed by atoms with Gasteiger partial charge in [0.15, 0.2) is 0 Å². The molecule has 2 aromatic heterocycles. The van der Waals surface area contributed by atoms with Gasteiger partial charge in [-0.25, -0.2) is 4.98 Å². The molecule has 3 aliphatic rings. The number of hydrogen-bond acceptors (Lipinski definition) is 5. The zero-order chi connectivity index (χ0) is 26.6. The lowest BCUT2D eigenvalue weighted by atomic mass is 9.80. The molecular formula is C30H31N5O3. The maximum absolute atomic E-state index is 13.4. The number of rotatable bonds is 4. The van der Waals surface area contributed by atoms with Crippen molar-refractivity contribution in [3.63, 3.8) is 0 Å². The Morgan fingerprint density at radius 1 is 1.16 bits per heavy atom. The Morgan fingerprint density at radius 3 is 2.76 bits per heavy atom. The van der Waals surface area contributed by atoms with Gasteiger partial charge >= 0.3 is 0 Å². The average Bonchev–Trinajstić information content (AvgIpc) is 3.43. The van der Waals surface area contributed by atoms with Gasteiger partial charge in [-0.2, -0.15) is 0 Å². The number of aromatic nitrogens is 2. The summed E-state index contributed by atoms with van der Waals surface area (Å²) in [5.74, 6) is 0.243. The molecule has 2 aliphatic heterocycles. The van der Waals surface area contributed by atoms with Crippen molar-refractivity contribution in [1.82, 2.24) is 20.2 Å². The van der Waals surface area contributed by atoms with E-state index in [2.05, 4.69) is 46.6 Å². The Balaban J connectivity index is 1.24. The third-order valence-corrected chi connectivity index (χ3v) is 8.65. The first-order chi connectivity index (χ1) is 18.3.